The van der Waals surface area contributed by atoms with E-state index in [1.807, 2.05) is 18.2 Å². The smallest absolute Gasteiger partial charge is 0.119 e. The minimum Gasteiger partial charge on any atom is -0.497 e. The predicted molar refractivity (Wildman–Crippen MR) is 52.8 cm³/mol. The number of ether oxygens (including phenoxy) is 1. The van der Waals surface area contributed by atoms with Gasteiger partial charge in [-0.25, -0.2) is 0 Å². The van der Waals surface area contributed by atoms with Gasteiger partial charge < -0.3 is 9.84 Å². The molecule has 2 heteroatoms. The second-order valence-electron chi connectivity index (χ2n) is 3.03. The maximum Gasteiger partial charge on any atom is 0.119 e. The lowest BCUT2D eigenvalue weighted by atomic mass is 10.0. The summed E-state index contributed by atoms with van der Waals surface area (Å²) in [6, 6.07) is 7.34. The summed E-state index contributed by atoms with van der Waals surface area (Å²) in [5.41, 5.74) is 1.54. The lowest BCUT2D eigenvalue weighted by Gasteiger charge is -2.11. The van der Waals surface area contributed by atoms with E-state index in [4.69, 9.17) is 4.74 Å². The zero-order valence-corrected chi connectivity index (χ0v) is 7.95. The normalized spacial score (nSPS) is 12.2. The van der Waals surface area contributed by atoms with Crippen molar-refractivity contribution in [1.29, 1.82) is 0 Å². The molecule has 0 radical (unpaired) electrons. The van der Waals surface area contributed by atoms with Crippen molar-refractivity contribution in [3.63, 3.8) is 0 Å². The fourth-order valence-electron chi connectivity index (χ4n) is 1.10. The van der Waals surface area contributed by atoms with E-state index in [1.165, 1.54) is 0 Å². The lowest BCUT2D eigenvalue weighted by molar-refractivity contribution is 0.216. The fraction of sp³-hybridized carbons (Fsp3) is 0.273. The Balaban J connectivity index is 2.94. The average Bonchev–Trinajstić information content (AvgIpc) is 2.16. The highest BCUT2D eigenvalue weighted by Crippen LogP contribution is 2.23. The molecule has 13 heavy (non-hydrogen) atoms. The Labute approximate surface area is 78.5 Å². The van der Waals surface area contributed by atoms with Gasteiger partial charge in [-0.2, -0.15) is 0 Å². The fourth-order valence-corrected chi connectivity index (χ4v) is 1.10. The molecule has 0 aliphatic carbocycles. The number of aliphatic hydroxyl groups excluding tert-OH is 1. The molecular formula is C11H14O2. The monoisotopic (exact) mass is 178 g/mol. The number of hydrogen-bond donors (Lipinski definition) is 1. The average molecular weight is 178 g/mol. The summed E-state index contributed by atoms with van der Waals surface area (Å²) >= 11 is 0. The summed E-state index contributed by atoms with van der Waals surface area (Å²) < 4.78 is 5.04. The molecule has 0 bridgehead atoms. The van der Waals surface area contributed by atoms with E-state index in [1.54, 1.807) is 20.1 Å². The summed E-state index contributed by atoms with van der Waals surface area (Å²) in [6.07, 6.45) is -0.602. The first-order chi connectivity index (χ1) is 6.15. The Morgan fingerprint density at radius 2 is 2.23 bits per heavy atom. The van der Waals surface area contributed by atoms with Crippen LogP contribution in [0.15, 0.2) is 36.4 Å². The molecule has 1 aromatic carbocycles. The van der Waals surface area contributed by atoms with Crippen LogP contribution in [0.4, 0.5) is 0 Å². The van der Waals surface area contributed by atoms with Gasteiger partial charge in [-0.05, 0) is 30.2 Å². The highest BCUT2D eigenvalue weighted by molar-refractivity contribution is 5.32. The van der Waals surface area contributed by atoms with Crippen LogP contribution in [0.5, 0.6) is 5.75 Å². The minimum atomic E-state index is -0.602. The molecule has 2 nitrogen and oxygen atoms in total. The molecule has 0 aliphatic rings. The predicted octanol–water partition coefficient (Wildman–Crippen LogP) is 2.30. The third-order valence-corrected chi connectivity index (χ3v) is 1.88. The minimum absolute atomic E-state index is 0.602. The summed E-state index contributed by atoms with van der Waals surface area (Å²) in [7, 11) is 1.60. The first kappa shape index (κ1) is 9.81. The van der Waals surface area contributed by atoms with Gasteiger partial charge in [0.15, 0.2) is 0 Å². The van der Waals surface area contributed by atoms with Crippen LogP contribution in [0.3, 0.4) is 0 Å². The van der Waals surface area contributed by atoms with Gasteiger partial charge in [-0.3, -0.25) is 0 Å². The molecule has 1 unspecified atom stereocenters. The van der Waals surface area contributed by atoms with Gasteiger partial charge in [0.2, 0.25) is 0 Å². The SMILES string of the molecule is C=C(C)C(O)c1cccc(OC)c1. The summed E-state index contributed by atoms with van der Waals surface area (Å²) in [6.45, 7) is 5.49. The maximum atomic E-state index is 9.66. The summed E-state index contributed by atoms with van der Waals surface area (Å²) in [5, 5.41) is 9.66. The molecule has 1 atom stereocenters. The first-order valence-corrected chi connectivity index (χ1v) is 4.12. The Morgan fingerprint density at radius 3 is 2.77 bits per heavy atom. The molecule has 1 N–H and O–H groups in total. The first-order valence-electron chi connectivity index (χ1n) is 4.12. The summed E-state index contributed by atoms with van der Waals surface area (Å²) in [4.78, 5) is 0. The maximum absolute atomic E-state index is 9.66. The van der Waals surface area contributed by atoms with E-state index >= 15 is 0 Å². The number of methoxy groups -OCH3 is 1. The molecule has 70 valence electrons. The van der Waals surface area contributed by atoms with E-state index in [2.05, 4.69) is 6.58 Å². The molecule has 0 saturated heterocycles. The number of aliphatic hydroxyl groups is 1. The zero-order chi connectivity index (χ0) is 9.84. The molecule has 0 aromatic heterocycles. The molecule has 0 aliphatic heterocycles. The van der Waals surface area contributed by atoms with E-state index in [0.717, 1.165) is 16.9 Å². The van der Waals surface area contributed by atoms with Crippen LogP contribution in [-0.2, 0) is 0 Å². The second-order valence-corrected chi connectivity index (χ2v) is 3.03. The zero-order valence-electron chi connectivity index (χ0n) is 7.95. The largest absolute Gasteiger partial charge is 0.497 e. The van der Waals surface area contributed by atoms with Crippen LogP contribution in [-0.4, -0.2) is 12.2 Å². The quantitative estimate of drug-likeness (QED) is 0.720. The van der Waals surface area contributed by atoms with Gasteiger partial charge in [0.1, 0.15) is 5.75 Å². The molecule has 0 fully saturated rings. The van der Waals surface area contributed by atoms with Gasteiger partial charge in [-0.15, -0.1) is 0 Å². The molecule has 1 rings (SSSR count). The van der Waals surface area contributed by atoms with Gasteiger partial charge in [-0.1, -0.05) is 18.7 Å². The standard InChI is InChI=1S/C11H14O2/c1-8(2)11(12)9-5-4-6-10(7-9)13-3/h4-7,11-12H,1H2,2-3H3. The number of benzene rings is 1. The molecular weight excluding hydrogens is 164 g/mol. The number of hydrogen-bond acceptors (Lipinski definition) is 2. The lowest BCUT2D eigenvalue weighted by Crippen LogP contribution is -1.97. The van der Waals surface area contributed by atoms with E-state index in [0.29, 0.717) is 0 Å². The van der Waals surface area contributed by atoms with Crippen LogP contribution in [0, 0.1) is 0 Å². The second kappa shape index (κ2) is 4.10. The van der Waals surface area contributed by atoms with Gasteiger partial charge in [0.25, 0.3) is 0 Å². The Kier molecular flexibility index (Phi) is 3.09. The van der Waals surface area contributed by atoms with E-state index in [-0.39, 0.29) is 0 Å². The van der Waals surface area contributed by atoms with Crippen LogP contribution in [0.2, 0.25) is 0 Å². The van der Waals surface area contributed by atoms with Crippen LogP contribution >= 0.6 is 0 Å². The number of rotatable bonds is 3. The van der Waals surface area contributed by atoms with E-state index < -0.39 is 6.10 Å². The van der Waals surface area contributed by atoms with Crippen molar-refractivity contribution in [3.05, 3.63) is 42.0 Å². The Hall–Kier alpha value is -1.28. The Bertz CT molecular complexity index is 305. The molecule has 1 aromatic rings. The van der Waals surface area contributed by atoms with Crippen molar-refractivity contribution >= 4 is 0 Å². The van der Waals surface area contributed by atoms with E-state index in [9.17, 15) is 5.11 Å². The van der Waals surface area contributed by atoms with Gasteiger partial charge in [0, 0.05) is 0 Å². The topological polar surface area (TPSA) is 29.5 Å². The van der Waals surface area contributed by atoms with Crippen molar-refractivity contribution in [3.8, 4) is 5.75 Å². The molecule has 0 saturated carbocycles. The Morgan fingerprint density at radius 1 is 1.54 bits per heavy atom. The van der Waals surface area contributed by atoms with Crippen LogP contribution in [0.1, 0.15) is 18.6 Å². The molecule has 0 spiro atoms. The van der Waals surface area contributed by atoms with Gasteiger partial charge >= 0.3 is 0 Å². The third kappa shape index (κ3) is 2.33. The van der Waals surface area contributed by atoms with Crippen molar-refractivity contribution in [2.24, 2.45) is 0 Å². The third-order valence-electron chi connectivity index (χ3n) is 1.88. The van der Waals surface area contributed by atoms with Crippen LogP contribution in [0.25, 0.3) is 0 Å². The van der Waals surface area contributed by atoms with Crippen molar-refractivity contribution < 1.29 is 9.84 Å². The summed E-state index contributed by atoms with van der Waals surface area (Å²) in [5.74, 6) is 0.748. The van der Waals surface area contributed by atoms with Crippen molar-refractivity contribution in [1.82, 2.24) is 0 Å². The van der Waals surface area contributed by atoms with Crippen molar-refractivity contribution in [2.45, 2.75) is 13.0 Å². The molecule has 0 heterocycles. The highest BCUT2D eigenvalue weighted by atomic mass is 16.5. The van der Waals surface area contributed by atoms with Crippen LogP contribution < -0.4 is 4.74 Å². The highest BCUT2D eigenvalue weighted by Gasteiger charge is 2.07. The van der Waals surface area contributed by atoms with Gasteiger partial charge in [0.05, 0.1) is 13.2 Å². The van der Waals surface area contributed by atoms with Crippen molar-refractivity contribution in [2.75, 3.05) is 7.11 Å². The molecule has 0 amide bonds.